The van der Waals surface area contributed by atoms with Gasteiger partial charge in [0.05, 0.1) is 12.9 Å². The van der Waals surface area contributed by atoms with Gasteiger partial charge in [0, 0.05) is 25.0 Å². The first-order valence-corrected chi connectivity index (χ1v) is 5.64. The van der Waals surface area contributed by atoms with Crippen LogP contribution in [0.3, 0.4) is 0 Å². The van der Waals surface area contributed by atoms with Gasteiger partial charge in [-0.3, -0.25) is 4.79 Å². The average molecular weight is 224 g/mol. The van der Waals surface area contributed by atoms with Gasteiger partial charge in [0.25, 0.3) is 0 Å². The van der Waals surface area contributed by atoms with Crippen molar-refractivity contribution >= 4 is 5.91 Å². The van der Waals surface area contributed by atoms with Crippen LogP contribution in [-0.2, 0) is 11.3 Å². The molecular weight excluding hydrogens is 204 g/mol. The van der Waals surface area contributed by atoms with Gasteiger partial charge in [0.2, 0.25) is 5.91 Å². The van der Waals surface area contributed by atoms with Crippen LogP contribution in [0.25, 0.3) is 0 Å². The number of rotatable bonds is 7. The van der Waals surface area contributed by atoms with Crippen LogP contribution in [0.15, 0.2) is 18.7 Å². The number of aryl methyl sites for hydroxylation is 1. The van der Waals surface area contributed by atoms with Crippen molar-refractivity contribution in [3.8, 4) is 0 Å². The van der Waals surface area contributed by atoms with Crippen molar-refractivity contribution < 1.29 is 4.79 Å². The van der Waals surface area contributed by atoms with Crippen molar-refractivity contribution in [2.45, 2.75) is 32.9 Å². The molecule has 0 aliphatic heterocycles. The number of carbonyl (C=O) groups is 1. The van der Waals surface area contributed by atoms with Gasteiger partial charge in [-0.05, 0) is 26.8 Å². The van der Waals surface area contributed by atoms with Gasteiger partial charge >= 0.3 is 0 Å². The molecule has 5 nitrogen and oxygen atoms in total. The summed E-state index contributed by atoms with van der Waals surface area (Å²) in [4.78, 5) is 15.2. The minimum Gasteiger partial charge on any atom is -0.353 e. The highest BCUT2D eigenvalue weighted by molar-refractivity contribution is 5.78. The third kappa shape index (κ3) is 5.50. The summed E-state index contributed by atoms with van der Waals surface area (Å²) in [6, 6.07) is 0.209. The topological polar surface area (TPSA) is 59.0 Å². The molecule has 16 heavy (non-hydrogen) atoms. The lowest BCUT2D eigenvalue weighted by Crippen LogP contribution is -2.38. The lowest BCUT2D eigenvalue weighted by atomic mass is 10.3. The summed E-state index contributed by atoms with van der Waals surface area (Å²) in [6.45, 7) is 6.07. The van der Waals surface area contributed by atoms with Crippen LogP contribution in [0, 0.1) is 0 Å². The second-order valence-electron chi connectivity index (χ2n) is 4.05. The number of nitrogens with zero attached hydrogens (tertiary/aromatic N) is 2. The molecule has 0 saturated carbocycles. The number of imidazole rings is 1. The van der Waals surface area contributed by atoms with Crippen LogP contribution >= 0.6 is 0 Å². The summed E-state index contributed by atoms with van der Waals surface area (Å²) in [6.07, 6.45) is 6.49. The normalized spacial score (nSPS) is 10.7. The van der Waals surface area contributed by atoms with E-state index in [0.717, 1.165) is 19.5 Å². The van der Waals surface area contributed by atoms with E-state index in [9.17, 15) is 4.79 Å². The van der Waals surface area contributed by atoms with Gasteiger partial charge < -0.3 is 15.2 Å². The predicted molar refractivity (Wildman–Crippen MR) is 63.0 cm³/mol. The van der Waals surface area contributed by atoms with E-state index in [-0.39, 0.29) is 11.9 Å². The molecule has 0 aliphatic carbocycles. The van der Waals surface area contributed by atoms with Crippen molar-refractivity contribution in [1.29, 1.82) is 0 Å². The Morgan fingerprint density at radius 2 is 2.31 bits per heavy atom. The van der Waals surface area contributed by atoms with E-state index in [1.54, 1.807) is 12.5 Å². The van der Waals surface area contributed by atoms with Crippen molar-refractivity contribution in [2.24, 2.45) is 0 Å². The fraction of sp³-hybridized carbons (Fsp3) is 0.636. The summed E-state index contributed by atoms with van der Waals surface area (Å²) in [5, 5.41) is 5.94. The maximum absolute atomic E-state index is 11.3. The van der Waals surface area contributed by atoms with Crippen LogP contribution in [0.5, 0.6) is 0 Å². The fourth-order valence-corrected chi connectivity index (χ4v) is 1.38. The number of carbonyl (C=O) groups excluding carboxylic acids is 1. The SMILES string of the molecule is CC(C)NC(=O)CNCCCn1ccnc1. The molecule has 90 valence electrons. The van der Waals surface area contributed by atoms with E-state index in [0.29, 0.717) is 6.54 Å². The zero-order valence-electron chi connectivity index (χ0n) is 9.94. The molecule has 1 amide bonds. The van der Waals surface area contributed by atoms with Crippen LogP contribution < -0.4 is 10.6 Å². The molecule has 1 heterocycles. The lowest BCUT2D eigenvalue weighted by molar-refractivity contribution is -0.120. The Hall–Kier alpha value is -1.36. The maximum Gasteiger partial charge on any atom is 0.234 e. The van der Waals surface area contributed by atoms with E-state index in [1.807, 2.05) is 24.6 Å². The number of amides is 1. The molecule has 0 radical (unpaired) electrons. The van der Waals surface area contributed by atoms with E-state index in [1.165, 1.54) is 0 Å². The number of hydrogen-bond donors (Lipinski definition) is 2. The molecule has 0 spiro atoms. The van der Waals surface area contributed by atoms with Gasteiger partial charge in [0.15, 0.2) is 0 Å². The Balaban J connectivity index is 1.98. The van der Waals surface area contributed by atoms with Crippen molar-refractivity contribution in [3.63, 3.8) is 0 Å². The van der Waals surface area contributed by atoms with Gasteiger partial charge in [-0.1, -0.05) is 0 Å². The molecule has 0 bridgehead atoms. The first kappa shape index (κ1) is 12.7. The second kappa shape index (κ2) is 7.00. The first-order valence-electron chi connectivity index (χ1n) is 5.64. The zero-order valence-corrected chi connectivity index (χ0v) is 9.94. The average Bonchev–Trinajstić information content (AvgIpc) is 2.68. The van der Waals surface area contributed by atoms with E-state index < -0.39 is 0 Å². The van der Waals surface area contributed by atoms with E-state index >= 15 is 0 Å². The molecule has 1 aromatic heterocycles. The van der Waals surface area contributed by atoms with Crippen LogP contribution in [0.2, 0.25) is 0 Å². The van der Waals surface area contributed by atoms with Crippen molar-refractivity contribution in [1.82, 2.24) is 20.2 Å². The summed E-state index contributed by atoms with van der Waals surface area (Å²) >= 11 is 0. The Morgan fingerprint density at radius 3 is 2.94 bits per heavy atom. The number of aromatic nitrogens is 2. The molecule has 5 heteroatoms. The molecule has 2 N–H and O–H groups in total. The minimum absolute atomic E-state index is 0.0534. The van der Waals surface area contributed by atoms with Crippen LogP contribution in [0.4, 0.5) is 0 Å². The molecule has 0 unspecified atom stereocenters. The molecule has 1 aromatic rings. The summed E-state index contributed by atoms with van der Waals surface area (Å²) in [7, 11) is 0. The lowest BCUT2D eigenvalue weighted by Gasteiger charge is -2.09. The Kier molecular flexibility index (Phi) is 5.56. The Labute approximate surface area is 96.3 Å². The molecule has 0 aliphatic rings. The van der Waals surface area contributed by atoms with Crippen molar-refractivity contribution in [3.05, 3.63) is 18.7 Å². The molecule has 1 rings (SSSR count). The summed E-state index contributed by atoms with van der Waals surface area (Å²) < 4.78 is 2.02. The molecular formula is C11H20N4O. The monoisotopic (exact) mass is 224 g/mol. The van der Waals surface area contributed by atoms with E-state index in [2.05, 4.69) is 15.6 Å². The molecule has 0 atom stereocenters. The number of nitrogens with one attached hydrogen (secondary N) is 2. The Morgan fingerprint density at radius 1 is 1.50 bits per heavy atom. The van der Waals surface area contributed by atoms with Gasteiger partial charge in [-0.2, -0.15) is 0 Å². The van der Waals surface area contributed by atoms with Crippen molar-refractivity contribution in [2.75, 3.05) is 13.1 Å². The first-order chi connectivity index (χ1) is 7.68. The zero-order chi connectivity index (χ0) is 11.8. The van der Waals surface area contributed by atoms with E-state index in [4.69, 9.17) is 0 Å². The largest absolute Gasteiger partial charge is 0.353 e. The molecule has 0 aromatic carbocycles. The smallest absolute Gasteiger partial charge is 0.234 e. The van der Waals surface area contributed by atoms with Crippen LogP contribution in [-0.4, -0.2) is 34.6 Å². The number of hydrogen-bond acceptors (Lipinski definition) is 3. The van der Waals surface area contributed by atoms with Gasteiger partial charge in [-0.25, -0.2) is 4.98 Å². The van der Waals surface area contributed by atoms with Crippen LogP contribution in [0.1, 0.15) is 20.3 Å². The quantitative estimate of drug-likeness (QED) is 0.659. The third-order valence-electron chi connectivity index (χ3n) is 2.06. The fourth-order valence-electron chi connectivity index (χ4n) is 1.38. The minimum atomic E-state index is 0.0534. The highest BCUT2D eigenvalue weighted by Crippen LogP contribution is 1.88. The predicted octanol–water partition coefficient (Wildman–Crippen LogP) is 0.387. The standard InChI is InChI=1S/C11H20N4O/c1-10(2)14-11(16)8-12-4-3-6-15-7-5-13-9-15/h5,7,9-10,12H,3-4,6,8H2,1-2H3,(H,14,16). The van der Waals surface area contributed by atoms with Gasteiger partial charge in [-0.15, -0.1) is 0 Å². The van der Waals surface area contributed by atoms with Gasteiger partial charge in [0.1, 0.15) is 0 Å². The maximum atomic E-state index is 11.3. The summed E-state index contributed by atoms with van der Waals surface area (Å²) in [5.41, 5.74) is 0. The second-order valence-corrected chi connectivity index (χ2v) is 4.05. The Bertz CT molecular complexity index is 295. The summed E-state index contributed by atoms with van der Waals surface area (Å²) in [5.74, 6) is 0.0534. The highest BCUT2D eigenvalue weighted by atomic mass is 16.1. The molecule has 0 fully saturated rings. The molecule has 0 saturated heterocycles. The highest BCUT2D eigenvalue weighted by Gasteiger charge is 2.01. The third-order valence-corrected chi connectivity index (χ3v) is 2.06.